The van der Waals surface area contributed by atoms with Crippen LogP contribution in [-0.2, 0) is 29.1 Å². The van der Waals surface area contributed by atoms with E-state index in [1.165, 1.54) is 27.4 Å². The minimum atomic E-state index is -0.176. The van der Waals surface area contributed by atoms with Crippen LogP contribution in [0.4, 0.5) is 21.0 Å². The Hall–Kier alpha value is -4.76. The zero-order chi connectivity index (χ0) is 42.2. The standard InChI is InChI=1S/C44H54Cl2N10O4/c1-32(57)49(2)37-24-47-55(28-37)41(59)53-16-10-43(11-17-53)8-14-51(30-43)26-34-20-33(21-36(45)22-34)23-40(58)50(3)38-25-48-56(29-38)42(60)54-18-12-44(13-19-54)9-15-52(31-44)27-35-6-4-5-7-39(35)46/h4-7,20-22,24-25,28-29H,8-19,23,26-27,30-31H2,1-3H3. The third kappa shape index (κ3) is 9.12. The molecule has 4 saturated heterocycles. The molecule has 2 aromatic carbocycles. The molecule has 6 heterocycles. The quantitative estimate of drug-likeness (QED) is 0.197. The summed E-state index contributed by atoms with van der Waals surface area (Å²) in [5.41, 5.74) is 4.52. The van der Waals surface area contributed by atoms with Gasteiger partial charge in [0.1, 0.15) is 0 Å². The Kier molecular flexibility index (Phi) is 12.1. The minimum absolute atomic E-state index is 0.123. The van der Waals surface area contributed by atoms with Crippen LogP contribution in [0.1, 0.15) is 62.1 Å². The highest BCUT2D eigenvalue weighted by molar-refractivity contribution is 6.31. The first-order chi connectivity index (χ1) is 28.8. The number of hydrogen-bond donors (Lipinski definition) is 0. The lowest BCUT2D eigenvalue weighted by atomic mass is 9.78. The maximum Gasteiger partial charge on any atom is 0.344 e. The van der Waals surface area contributed by atoms with Gasteiger partial charge in [0.2, 0.25) is 11.8 Å². The second kappa shape index (κ2) is 17.3. The van der Waals surface area contributed by atoms with Gasteiger partial charge in [-0.25, -0.2) is 9.59 Å². The van der Waals surface area contributed by atoms with Crippen molar-refractivity contribution in [2.75, 3.05) is 76.3 Å². The monoisotopic (exact) mass is 856 g/mol. The molecule has 0 aliphatic carbocycles. The van der Waals surface area contributed by atoms with Crippen LogP contribution in [0.25, 0.3) is 0 Å². The van der Waals surface area contributed by atoms with E-state index in [0.29, 0.717) is 42.6 Å². The molecule has 2 spiro atoms. The number of carbonyl (C=O) groups is 4. The van der Waals surface area contributed by atoms with E-state index < -0.39 is 0 Å². The number of benzene rings is 2. The van der Waals surface area contributed by atoms with Crippen molar-refractivity contribution < 1.29 is 19.2 Å². The lowest BCUT2D eigenvalue weighted by Crippen LogP contribution is -2.45. The molecule has 318 valence electrons. The van der Waals surface area contributed by atoms with Gasteiger partial charge >= 0.3 is 12.1 Å². The number of rotatable bonds is 8. The third-order valence-electron chi connectivity index (χ3n) is 13.5. The molecule has 4 aliphatic rings. The van der Waals surface area contributed by atoms with Gasteiger partial charge in [0.15, 0.2) is 0 Å². The van der Waals surface area contributed by atoms with E-state index in [9.17, 15) is 19.2 Å². The molecule has 0 atom stereocenters. The molecule has 2 aromatic heterocycles. The molecule has 8 rings (SSSR count). The van der Waals surface area contributed by atoms with Crippen molar-refractivity contribution in [1.82, 2.24) is 39.2 Å². The summed E-state index contributed by atoms with van der Waals surface area (Å²) in [7, 11) is 3.37. The number of halogens is 2. The molecule has 0 bridgehead atoms. The maximum atomic E-state index is 13.6. The molecule has 0 unspecified atom stereocenters. The number of nitrogens with zero attached hydrogens (tertiary/aromatic N) is 10. The Bertz CT molecular complexity index is 2240. The molecular weight excluding hydrogens is 803 g/mol. The second-order valence-electron chi connectivity index (χ2n) is 17.5. The van der Waals surface area contributed by atoms with Gasteiger partial charge in [-0.1, -0.05) is 47.5 Å². The normalized spacial score (nSPS) is 19.0. The maximum absolute atomic E-state index is 13.6. The zero-order valence-electron chi connectivity index (χ0n) is 34.7. The van der Waals surface area contributed by atoms with E-state index >= 15 is 0 Å². The summed E-state index contributed by atoms with van der Waals surface area (Å²) in [6.45, 7) is 9.60. The SMILES string of the molecule is CC(=O)N(C)c1cnn(C(=O)N2CCC3(CCN(Cc4cc(Cl)cc(CC(=O)N(C)c5cnn(C(=O)N6CCC7(CCN(Cc8ccccc8Cl)C7)CC6)c5)c4)C3)CC2)c1. The number of hydrogen-bond acceptors (Lipinski definition) is 8. The summed E-state index contributed by atoms with van der Waals surface area (Å²) in [5.74, 6) is -0.251. The summed E-state index contributed by atoms with van der Waals surface area (Å²) >= 11 is 13.0. The van der Waals surface area contributed by atoms with Gasteiger partial charge in [-0.2, -0.15) is 19.6 Å². The van der Waals surface area contributed by atoms with E-state index in [-0.39, 0.29) is 41.1 Å². The molecule has 4 aromatic rings. The number of aromatic nitrogens is 4. The van der Waals surface area contributed by atoms with Gasteiger partial charge in [0.25, 0.3) is 0 Å². The predicted octanol–water partition coefficient (Wildman–Crippen LogP) is 6.49. The summed E-state index contributed by atoms with van der Waals surface area (Å²) < 4.78 is 2.67. The number of likely N-dealkylation sites (N-methyl/N-ethyl adjacent to an activating group) is 1. The van der Waals surface area contributed by atoms with Crippen LogP contribution in [0.2, 0.25) is 10.0 Å². The first-order valence-corrected chi connectivity index (χ1v) is 21.7. The van der Waals surface area contributed by atoms with Crippen LogP contribution >= 0.6 is 23.2 Å². The van der Waals surface area contributed by atoms with Gasteiger partial charge < -0.3 is 19.6 Å². The Morgan fingerprint density at radius 1 is 0.667 bits per heavy atom. The Morgan fingerprint density at radius 2 is 1.17 bits per heavy atom. The van der Waals surface area contributed by atoms with Crippen molar-refractivity contribution in [2.24, 2.45) is 10.8 Å². The van der Waals surface area contributed by atoms with Crippen molar-refractivity contribution >= 4 is 58.5 Å². The molecule has 0 saturated carbocycles. The third-order valence-corrected chi connectivity index (χ3v) is 14.1. The highest BCUT2D eigenvalue weighted by Gasteiger charge is 2.43. The first-order valence-electron chi connectivity index (χ1n) is 20.9. The van der Waals surface area contributed by atoms with Crippen molar-refractivity contribution in [3.05, 3.63) is 94.0 Å². The van der Waals surface area contributed by atoms with Crippen LogP contribution in [0.5, 0.6) is 0 Å². The Labute approximate surface area is 361 Å². The number of carbonyl (C=O) groups excluding carboxylic acids is 4. The number of amides is 4. The fourth-order valence-electron chi connectivity index (χ4n) is 9.61. The topological polar surface area (TPSA) is 123 Å². The van der Waals surface area contributed by atoms with Crippen molar-refractivity contribution in [3.8, 4) is 0 Å². The van der Waals surface area contributed by atoms with Crippen LogP contribution < -0.4 is 9.80 Å². The van der Waals surface area contributed by atoms with Gasteiger partial charge in [0, 0.05) is 83.4 Å². The van der Waals surface area contributed by atoms with Gasteiger partial charge in [0.05, 0.1) is 42.6 Å². The molecular formula is C44H54Cl2N10O4. The minimum Gasteiger partial charge on any atom is -0.323 e. The lowest BCUT2D eigenvalue weighted by molar-refractivity contribution is -0.118. The van der Waals surface area contributed by atoms with E-state index in [1.807, 2.05) is 40.1 Å². The predicted molar refractivity (Wildman–Crippen MR) is 231 cm³/mol. The summed E-state index contributed by atoms with van der Waals surface area (Å²) in [6.07, 6.45) is 12.4. The Balaban J connectivity index is 0.802. The van der Waals surface area contributed by atoms with Crippen LogP contribution in [0, 0.1) is 10.8 Å². The van der Waals surface area contributed by atoms with Gasteiger partial charge in [-0.15, -0.1) is 0 Å². The average Bonchev–Trinajstić information content (AvgIpc) is 4.06. The number of piperidine rings is 2. The second-order valence-corrected chi connectivity index (χ2v) is 18.4. The smallest absolute Gasteiger partial charge is 0.323 e. The lowest BCUT2D eigenvalue weighted by Gasteiger charge is -2.39. The fourth-order valence-corrected chi connectivity index (χ4v) is 10.1. The summed E-state index contributed by atoms with van der Waals surface area (Å²) in [4.78, 5) is 63.7. The van der Waals surface area contributed by atoms with E-state index in [2.05, 4.69) is 32.1 Å². The molecule has 4 fully saturated rings. The van der Waals surface area contributed by atoms with Crippen molar-refractivity contribution in [2.45, 2.75) is 65.0 Å². The largest absolute Gasteiger partial charge is 0.344 e. The van der Waals surface area contributed by atoms with Crippen LogP contribution in [0.15, 0.2) is 67.3 Å². The Morgan fingerprint density at radius 3 is 1.72 bits per heavy atom. The highest BCUT2D eigenvalue weighted by Crippen LogP contribution is 2.42. The number of likely N-dealkylation sites (tertiary alicyclic amines) is 4. The molecule has 0 radical (unpaired) electrons. The van der Waals surface area contributed by atoms with Crippen LogP contribution in [0.3, 0.4) is 0 Å². The van der Waals surface area contributed by atoms with E-state index in [0.717, 1.165) is 99.5 Å². The molecule has 60 heavy (non-hydrogen) atoms. The molecule has 4 aliphatic heterocycles. The van der Waals surface area contributed by atoms with E-state index in [1.54, 1.807) is 37.6 Å². The summed E-state index contributed by atoms with van der Waals surface area (Å²) in [5, 5.41) is 9.97. The molecule has 16 heteroatoms. The first kappa shape index (κ1) is 42.0. The van der Waals surface area contributed by atoms with Gasteiger partial charge in [-0.3, -0.25) is 19.4 Å². The van der Waals surface area contributed by atoms with Crippen LogP contribution in [-0.4, -0.2) is 129 Å². The summed E-state index contributed by atoms with van der Waals surface area (Å²) in [6, 6.07) is 13.5. The fraction of sp³-hybridized carbons (Fsp3) is 0.500. The highest BCUT2D eigenvalue weighted by atomic mass is 35.5. The molecule has 14 nitrogen and oxygen atoms in total. The molecule has 0 N–H and O–H groups in total. The zero-order valence-corrected chi connectivity index (χ0v) is 36.2. The van der Waals surface area contributed by atoms with Gasteiger partial charge in [-0.05, 0) is 97.3 Å². The average molecular weight is 858 g/mol. The van der Waals surface area contributed by atoms with E-state index in [4.69, 9.17) is 23.2 Å². The van der Waals surface area contributed by atoms with Crippen molar-refractivity contribution in [3.63, 3.8) is 0 Å². The molecule has 4 amide bonds. The number of anilines is 2. The van der Waals surface area contributed by atoms with Crippen molar-refractivity contribution in [1.29, 1.82) is 0 Å².